The van der Waals surface area contributed by atoms with E-state index in [0.29, 0.717) is 24.2 Å². The first-order valence-corrected chi connectivity index (χ1v) is 7.90. The summed E-state index contributed by atoms with van der Waals surface area (Å²) in [6.07, 6.45) is 1.09. The lowest BCUT2D eigenvalue weighted by atomic mass is 9.99. The van der Waals surface area contributed by atoms with Crippen LogP contribution in [0.15, 0.2) is 35.1 Å². The van der Waals surface area contributed by atoms with Gasteiger partial charge >= 0.3 is 0 Å². The first-order valence-electron chi connectivity index (χ1n) is 7.90. The van der Waals surface area contributed by atoms with E-state index in [4.69, 9.17) is 5.73 Å². The number of carbonyl (C=O) groups is 2. The van der Waals surface area contributed by atoms with Gasteiger partial charge < -0.3 is 11.1 Å². The minimum Gasteiger partial charge on any atom is -0.369 e. The van der Waals surface area contributed by atoms with Crippen molar-refractivity contribution in [1.82, 2.24) is 9.78 Å². The normalized spacial score (nSPS) is 11.9. The summed E-state index contributed by atoms with van der Waals surface area (Å²) in [5.41, 5.74) is 6.42. The number of amides is 2. The van der Waals surface area contributed by atoms with Crippen molar-refractivity contribution in [2.24, 2.45) is 11.7 Å². The molecule has 7 heteroatoms. The number of H-pyrrole nitrogens is 1. The van der Waals surface area contributed by atoms with Crippen molar-refractivity contribution >= 4 is 17.5 Å². The summed E-state index contributed by atoms with van der Waals surface area (Å²) in [7, 11) is 0. The molecule has 0 aliphatic carbocycles. The predicted octanol–water partition coefficient (Wildman–Crippen LogP) is 1.70. The van der Waals surface area contributed by atoms with Crippen molar-refractivity contribution in [3.05, 3.63) is 46.4 Å². The number of nitrogens with two attached hydrogens (primary N) is 1. The van der Waals surface area contributed by atoms with Crippen LogP contribution in [0.4, 0.5) is 5.69 Å². The number of benzene rings is 1. The molecule has 0 bridgehead atoms. The highest BCUT2D eigenvalue weighted by molar-refractivity contribution is 5.91. The second-order valence-electron chi connectivity index (χ2n) is 5.68. The summed E-state index contributed by atoms with van der Waals surface area (Å²) < 4.78 is 1.38. The molecule has 1 heterocycles. The Morgan fingerprint density at radius 2 is 1.96 bits per heavy atom. The molecule has 0 spiro atoms. The molecule has 1 aromatic carbocycles. The molecule has 128 valence electrons. The highest BCUT2D eigenvalue weighted by Gasteiger charge is 2.18. The molecule has 2 amide bonds. The number of aromatic nitrogens is 2. The van der Waals surface area contributed by atoms with Gasteiger partial charge in [0.25, 0.3) is 5.56 Å². The van der Waals surface area contributed by atoms with Crippen LogP contribution in [-0.2, 0) is 9.59 Å². The number of carbonyl (C=O) groups excluding carboxylic acids is 2. The molecule has 0 saturated heterocycles. The van der Waals surface area contributed by atoms with Crippen LogP contribution in [0.5, 0.6) is 0 Å². The summed E-state index contributed by atoms with van der Waals surface area (Å²) in [5.74, 6) is -1.05. The van der Waals surface area contributed by atoms with Crippen LogP contribution in [0, 0.1) is 12.8 Å². The van der Waals surface area contributed by atoms with E-state index in [-0.39, 0.29) is 29.5 Å². The van der Waals surface area contributed by atoms with Crippen LogP contribution in [0.2, 0.25) is 0 Å². The molecule has 2 aromatic rings. The smallest absolute Gasteiger partial charge is 0.295 e. The SMILES string of the molecule is CCC(CCC(=O)Nc1c(C)[nH]n(-c2ccccc2)c1=O)C(N)=O. The van der Waals surface area contributed by atoms with E-state index in [2.05, 4.69) is 10.4 Å². The lowest BCUT2D eigenvalue weighted by Gasteiger charge is -2.09. The van der Waals surface area contributed by atoms with Crippen LogP contribution in [0.25, 0.3) is 5.69 Å². The number of aromatic amines is 1. The first-order chi connectivity index (χ1) is 11.4. The number of nitrogens with one attached hydrogen (secondary N) is 2. The summed E-state index contributed by atoms with van der Waals surface area (Å²) in [4.78, 5) is 35.8. The third-order valence-electron chi connectivity index (χ3n) is 3.97. The van der Waals surface area contributed by atoms with Gasteiger partial charge in [0.15, 0.2) is 0 Å². The van der Waals surface area contributed by atoms with E-state index in [9.17, 15) is 14.4 Å². The molecule has 1 unspecified atom stereocenters. The van der Waals surface area contributed by atoms with Crippen molar-refractivity contribution in [2.75, 3.05) is 5.32 Å². The molecule has 0 aliphatic heterocycles. The molecule has 0 radical (unpaired) electrons. The Morgan fingerprint density at radius 3 is 2.54 bits per heavy atom. The average molecular weight is 330 g/mol. The van der Waals surface area contributed by atoms with Crippen molar-refractivity contribution in [3.8, 4) is 5.69 Å². The molecule has 7 nitrogen and oxygen atoms in total. The summed E-state index contributed by atoms with van der Waals surface area (Å²) in [6, 6.07) is 9.09. The zero-order valence-electron chi connectivity index (χ0n) is 13.8. The molecule has 4 N–H and O–H groups in total. The molecule has 1 atom stereocenters. The van der Waals surface area contributed by atoms with Gasteiger partial charge in [-0.15, -0.1) is 0 Å². The Balaban J connectivity index is 2.11. The molecular formula is C17H22N4O3. The van der Waals surface area contributed by atoms with Crippen LogP contribution in [-0.4, -0.2) is 21.6 Å². The van der Waals surface area contributed by atoms with Gasteiger partial charge in [0.2, 0.25) is 11.8 Å². The largest absolute Gasteiger partial charge is 0.369 e. The van der Waals surface area contributed by atoms with Gasteiger partial charge in [-0.25, -0.2) is 4.68 Å². The minimum atomic E-state index is -0.408. The molecular weight excluding hydrogens is 308 g/mol. The first kappa shape index (κ1) is 17.5. The van der Waals surface area contributed by atoms with Gasteiger partial charge in [0.1, 0.15) is 5.69 Å². The maximum absolute atomic E-state index is 12.5. The van der Waals surface area contributed by atoms with Crippen LogP contribution >= 0.6 is 0 Å². The Kier molecular flexibility index (Phi) is 5.57. The molecule has 24 heavy (non-hydrogen) atoms. The fourth-order valence-corrected chi connectivity index (χ4v) is 2.51. The zero-order valence-corrected chi connectivity index (χ0v) is 13.8. The number of anilines is 1. The van der Waals surface area contributed by atoms with Crippen LogP contribution in [0.1, 0.15) is 31.9 Å². The lowest BCUT2D eigenvalue weighted by molar-refractivity contribution is -0.122. The van der Waals surface area contributed by atoms with Crippen LogP contribution < -0.4 is 16.6 Å². The number of hydrogen-bond acceptors (Lipinski definition) is 3. The van der Waals surface area contributed by atoms with Crippen molar-refractivity contribution in [2.45, 2.75) is 33.1 Å². The van der Waals surface area contributed by atoms with E-state index >= 15 is 0 Å². The number of nitrogens with zero attached hydrogens (tertiary/aromatic N) is 1. The average Bonchev–Trinajstić information content (AvgIpc) is 2.84. The number of hydrogen-bond donors (Lipinski definition) is 3. The fraction of sp³-hybridized carbons (Fsp3) is 0.353. The molecule has 0 aliphatic rings. The summed E-state index contributed by atoms with van der Waals surface area (Å²) in [6.45, 7) is 3.57. The maximum Gasteiger partial charge on any atom is 0.295 e. The Bertz CT molecular complexity index is 777. The zero-order chi connectivity index (χ0) is 17.7. The number of para-hydroxylation sites is 1. The van der Waals surface area contributed by atoms with Gasteiger partial charge in [0, 0.05) is 12.3 Å². The lowest BCUT2D eigenvalue weighted by Crippen LogP contribution is -2.25. The number of aryl methyl sites for hydroxylation is 1. The third kappa shape index (κ3) is 3.92. The third-order valence-corrected chi connectivity index (χ3v) is 3.97. The topological polar surface area (TPSA) is 110 Å². The van der Waals surface area contributed by atoms with Gasteiger partial charge in [-0.1, -0.05) is 25.1 Å². The Hall–Kier alpha value is -2.83. The summed E-state index contributed by atoms with van der Waals surface area (Å²) in [5, 5.41) is 5.58. The maximum atomic E-state index is 12.5. The monoisotopic (exact) mass is 330 g/mol. The second-order valence-corrected chi connectivity index (χ2v) is 5.68. The number of primary amides is 1. The molecule has 2 rings (SSSR count). The van der Waals surface area contributed by atoms with E-state index in [0.717, 1.165) is 0 Å². The number of rotatable bonds is 7. The highest BCUT2D eigenvalue weighted by atomic mass is 16.2. The van der Waals surface area contributed by atoms with Crippen LogP contribution in [0.3, 0.4) is 0 Å². The van der Waals surface area contributed by atoms with E-state index in [1.165, 1.54) is 4.68 Å². The fourth-order valence-electron chi connectivity index (χ4n) is 2.51. The van der Waals surface area contributed by atoms with E-state index in [1.807, 2.05) is 25.1 Å². The second kappa shape index (κ2) is 7.63. The highest BCUT2D eigenvalue weighted by Crippen LogP contribution is 2.14. The van der Waals surface area contributed by atoms with Gasteiger partial charge in [-0.3, -0.25) is 19.5 Å². The standard InChI is InChI=1S/C17H22N4O3/c1-3-12(16(18)23)9-10-14(22)19-15-11(2)20-21(17(15)24)13-7-5-4-6-8-13/h4-8,12,20H,3,9-10H2,1-2H3,(H2,18,23)(H,19,22). The Labute approximate surface area is 139 Å². The van der Waals surface area contributed by atoms with Gasteiger partial charge in [-0.2, -0.15) is 0 Å². The van der Waals surface area contributed by atoms with Crippen molar-refractivity contribution in [1.29, 1.82) is 0 Å². The molecule has 1 aromatic heterocycles. The molecule has 0 saturated carbocycles. The Morgan fingerprint density at radius 1 is 1.29 bits per heavy atom. The van der Waals surface area contributed by atoms with E-state index in [1.54, 1.807) is 19.1 Å². The molecule has 0 fully saturated rings. The van der Waals surface area contributed by atoms with E-state index < -0.39 is 5.91 Å². The van der Waals surface area contributed by atoms with Gasteiger partial charge in [0.05, 0.1) is 11.4 Å². The minimum absolute atomic E-state index is 0.136. The summed E-state index contributed by atoms with van der Waals surface area (Å²) >= 11 is 0. The van der Waals surface area contributed by atoms with Gasteiger partial charge in [-0.05, 0) is 31.9 Å². The van der Waals surface area contributed by atoms with Crippen molar-refractivity contribution < 1.29 is 9.59 Å². The quantitative estimate of drug-likeness (QED) is 0.718. The van der Waals surface area contributed by atoms with Crippen molar-refractivity contribution in [3.63, 3.8) is 0 Å². The predicted molar refractivity (Wildman–Crippen MR) is 92.0 cm³/mol.